The average molecular weight is 428 g/mol. The minimum Gasteiger partial charge on any atom is -0.508 e. The van der Waals surface area contributed by atoms with E-state index in [1.807, 2.05) is 0 Å². The Kier molecular flexibility index (Phi) is 6.24. The van der Waals surface area contributed by atoms with E-state index in [1.54, 1.807) is 0 Å². The van der Waals surface area contributed by atoms with Gasteiger partial charge in [-0.15, -0.1) is 10.2 Å². The molecule has 0 aliphatic carbocycles. The summed E-state index contributed by atoms with van der Waals surface area (Å²) in [5.74, 6) is -0.911. The third-order valence-electron chi connectivity index (χ3n) is 3.84. The van der Waals surface area contributed by atoms with Gasteiger partial charge >= 0.3 is 6.18 Å². The van der Waals surface area contributed by atoms with E-state index in [2.05, 4.69) is 25.8 Å². The number of aromatic hydroxyl groups is 1. The summed E-state index contributed by atoms with van der Waals surface area (Å²) < 4.78 is 40.2. The zero-order chi connectivity index (χ0) is 22.4. The number of rotatable bonds is 6. The predicted molar refractivity (Wildman–Crippen MR) is 107 cm³/mol. The lowest BCUT2D eigenvalue weighted by Gasteiger charge is -2.14. The Balaban J connectivity index is 1.73. The fraction of sp³-hybridized carbons (Fsp3) is 0.0500. The largest absolute Gasteiger partial charge is 0.508 e. The SMILES string of the molecule is N=C(/C=C(\Nc1ccc(NC(=O)c2cccc(O)c2)nn1)C(F)(F)F)c1cccnc1. The van der Waals surface area contributed by atoms with Crippen LogP contribution in [0.3, 0.4) is 0 Å². The van der Waals surface area contributed by atoms with Gasteiger partial charge in [-0.25, -0.2) is 0 Å². The van der Waals surface area contributed by atoms with Crippen molar-refractivity contribution >= 4 is 23.3 Å². The monoisotopic (exact) mass is 428 g/mol. The number of nitrogens with zero attached hydrogens (tertiary/aromatic N) is 3. The van der Waals surface area contributed by atoms with Crippen molar-refractivity contribution in [2.24, 2.45) is 0 Å². The maximum absolute atomic E-state index is 13.4. The van der Waals surface area contributed by atoms with Gasteiger partial charge in [0.15, 0.2) is 11.6 Å². The summed E-state index contributed by atoms with van der Waals surface area (Å²) in [5, 5.41) is 29.1. The van der Waals surface area contributed by atoms with Gasteiger partial charge in [-0.3, -0.25) is 9.78 Å². The Labute approximate surface area is 174 Å². The number of halogens is 3. The lowest BCUT2D eigenvalue weighted by atomic mass is 10.1. The quantitative estimate of drug-likeness (QED) is 0.443. The first-order valence-corrected chi connectivity index (χ1v) is 8.71. The maximum atomic E-state index is 13.4. The van der Waals surface area contributed by atoms with Crippen LogP contribution in [0.5, 0.6) is 5.75 Å². The van der Waals surface area contributed by atoms with Crippen molar-refractivity contribution < 1.29 is 23.1 Å². The first-order valence-electron chi connectivity index (χ1n) is 8.71. The van der Waals surface area contributed by atoms with Crippen molar-refractivity contribution in [3.8, 4) is 5.75 Å². The van der Waals surface area contributed by atoms with Gasteiger partial charge in [-0.05, 0) is 48.5 Å². The van der Waals surface area contributed by atoms with Crippen molar-refractivity contribution in [1.29, 1.82) is 5.41 Å². The highest BCUT2D eigenvalue weighted by Crippen LogP contribution is 2.27. The number of pyridine rings is 1. The van der Waals surface area contributed by atoms with E-state index in [9.17, 15) is 23.1 Å². The zero-order valence-corrected chi connectivity index (χ0v) is 15.7. The second-order valence-electron chi connectivity index (χ2n) is 6.14. The van der Waals surface area contributed by atoms with E-state index < -0.39 is 23.5 Å². The zero-order valence-electron chi connectivity index (χ0n) is 15.7. The number of allylic oxidation sites excluding steroid dienone is 2. The molecule has 0 saturated heterocycles. The average Bonchev–Trinajstić information content (AvgIpc) is 2.74. The minimum absolute atomic E-state index is 0.000431. The summed E-state index contributed by atoms with van der Waals surface area (Å²) in [6.45, 7) is 0. The smallest absolute Gasteiger partial charge is 0.431 e. The lowest BCUT2D eigenvalue weighted by molar-refractivity contribution is -0.0901. The molecule has 0 bridgehead atoms. The molecule has 4 N–H and O–H groups in total. The molecule has 11 heteroatoms. The number of nitrogens with one attached hydrogen (secondary N) is 3. The van der Waals surface area contributed by atoms with Gasteiger partial charge in [0.25, 0.3) is 5.91 Å². The fourth-order valence-electron chi connectivity index (χ4n) is 2.38. The van der Waals surface area contributed by atoms with Crippen molar-refractivity contribution in [3.63, 3.8) is 0 Å². The molecule has 2 heterocycles. The third-order valence-corrected chi connectivity index (χ3v) is 3.84. The fourth-order valence-corrected chi connectivity index (χ4v) is 2.38. The van der Waals surface area contributed by atoms with E-state index in [0.717, 1.165) is 0 Å². The van der Waals surface area contributed by atoms with E-state index in [4.69, 9.17) is 5.41 Å². The third kappa shape index (κ3) is 5.85. The molecule has 0 atom stereocenters. The predicted octanol–water partition coefficient (Wildman–Crippen LogP) is 3.76. The van der Waals surface area contributed by atoms with Crippen LogP contribution in [0.2, 0.25) is 0 Å². The van der Waals surface area contributed by atoms with Crippen LogP contribution in [-0.4, -0.2) is 38.1 Å². The summed E-state index contributed by atoms with van der Waals surface area (Å²) in [6, 6.07) is 11.0. The second-order valence-corrected chi connectivity index (χ2v) is 6.14. The molecule has 1 amide bonds. The number of anilines is 2. The van der Waals surface area contributed by atoms with Crippen LogP contribution in [0.15, 0.2) is 72.7 Å². The van der Waals surface area contributed by atoms with Crippen LogP contribution in [0.1, 0.15) is 15.9 Å². The molecule has 0 fully saturated rings. The Morgan fingerprint density at radius 1 is 1.00 bits per heavy atom. The van der Waals surface area contributed by atoms with Crippen LogP contribution in [0.4, 0.5) is 24.8 Å². The molecule has 0 aliphatic rings. The van der Waals surface area contributed by atoms with Crippen molar-refractivity contribution in [3.05, 3.63) is 83.8 Å². The molecular formula is C20H15F3N6O2. The number of benzene rings is 1. The van der Waals surface area contributed by atoms with Crippen LogP contribution >= 0.6 is 0 Å². The summed E-state index contributed by atoms with van der Waals surface area (Å²) >= 11 is 0. The Bertz CT molecular complexity index is 1120. The van der Waals surface area contributed by atoms with E-state index in [-0.39, 0.29) is 28.5 Å². The van der Waals surface area contributed by atoms with Gasteiger partial charge in [0, 0.05) is 23.5 Å². The molecule has 3 rings (SSSR count). The maximum Gasteiger partial charge on any atom is 0.431 e. The number of phenols is 1. The number of amides is 1. The molecule has 0 radical (unpaired) electrons. The van der Waals surface area contributed by atoms with Gasteiger partial charge in [0.1, 0.15) is 11.4 Å². The number of alkyl halides is 3. The number of aromatic nitrogens is 3. The van der Waals surface area contributed by atoms with Gasteiger partial charge in [-0.1, -0.05) is 6.07 Å². The highest BCUT2D eigenvalue weighted by atomic mass is 19.4. The van der Waals surface area contributed by atoms with Crippen molar-refractivity contribution in [2.45, 2.75) is 6.18 Å². The summed E-state index contributed by atoms with van der Waals surface area (Å²) in [4.78, 5) is 15.9. The molecule has 2 aromatic heterocycles. The molecule has 8 nitrogen and oxygen atoms in total. The lowest BCUT2D eigenvalue weighted by Crippen LogP contribution is -2.21. The first-order chi connectivity index (χ1) is 14.7. The molecule has 3 aromatic rings. The molecular weight excluding hydrogens is 413 g/mol. The first kappa shape index (κ1) is 21.4. The molecule has 0 unspecified atom stereocenters. The van der Waals surface area contributed by atoms with Crippen molar-refractivity contribution in [2.75, 3.05) is 10.6 Å². The van der Waals surface area contributed by atoms with E-state index in [0.29, 0.717) is 6.08 Å². The Morgan fingerprint density at radius 2 is 1.68 bits per heavy atom. The van der Waals surface area contributed by atoms with Crippen LogP contribution in [0.25, 0.3) is 0 Å². The minimum atomic E-state index is -4.78. The Morgan fingerprint density at radius 3 is 2.26 bits per heavy atom. The van der Waals surface area contributed by atoms with Gasteiger partial charge < -0.3 is 21.1 Å². The molecule has 158 valence electrons. The Hall–Kier alpha value is -4.28. The number of hydrogen-bond donors (Lipinski definition) is 4. The van der Waals surface area contributed by atoms with E-state index in [1.165, 1.54) is 60.9 Å². The van der Waals surface area contributed by atoms with Crippen LogP contribution in [-0.2, 0) is 0 Å². The standard InChI is InChI=1S/C20H15F3N6O2/c21-20(22,23)16(10-15(24)13-4-2-8-25-11-13)26-17-6-7-18(29-28-17)27-19(31)12-3-1-5-14(30)9-12/h1-11,24,30H,(H,26,28)(H,27,29,31)/b16-10-,24-15?. The second kappa shape index (κ2) is 9.03. The van der Waals surface area contributed by atoms with Crippen LogP contribution in [0, 0.1) is 5.41 Å². The topological polar surface area (TPSA) is 124 Å². The number of carbonyl (C=O) groups is 1. The highest BCUT2D eigenvalue weighted by molar-refractivity contribution is 6.07. The summed E-state index contributed by atoms with van der Waals surface area (Å²) in [7, 11) is 0. The van der Waals surface area contributed by atoms with E-state index >= 15 is 0 Å². The van der Waals surface area contributed by atoms with Gasteiger partial charge in [0.2, 0.25) is 0 Å². The molecule has 31 heavy (non-hydrogen) atoms. The number of phenolic OH excluding ortho intramolecular Hbond substituents is 1. The van der Waals surface area contributed by atoms with Crippen LogP contribution < -0.4 is 10.6 Å². The molecule has 0 saturated carbocycles. The van der Waals surface area contributed by atoms with Gasteiger partial charge in [-0.2, -0.15) is 13.2 Å². The number of carbonyl (C=O) groups excluding carboxylic acids is 1. The highest BCUT2D eigenvalue weighted by Gasteiger charge is 2.34. The summed E-state index contributed by atoms with van der Waals surface area (Å²) in [5.41, 5.74) is -1.23. The molecule has 1 aromatic carbocycles. The number of hydrogen-bond acceptors (Lipinski definition) is 7. The van der Waals surface area contributed by atoms with Gasteiger partial charge in [0.05, 0.1) is 5.71 Å². The molecule has 0 aliphatic heterocycles. The normalized spacial score (nSPS) is 11.6. The molecule has 0 spiro atoms. The summed E-state index contributed by atoms with van der Waals surface area (Å²) in [6.07, 6.45) is -1.44. The van der Waals surface area contributed by atoms with Crippen molar-refractivity contribution in [1.82, 2.24) is 15.2 Å².